The van der Waals surface area contributed by atoms with E-state index in [0.717, 1.165) is 19.3 Å². The van der Waals surface area contributed by atoms with Crippen LogP contribution in [0.2, 0.25) is 0 Å². The number of nitrogens with zero attached hydrogens (tertiary/aromatic N) is 1. The average molecular weight is 334 g/mol. The van der Waals surface area contributed by atoms with Crippen LogP contribution in [0.15, 0.2) is 24.3 Å². The first-order chi connectivity index (χ1) is 11.0. The summed E-state index contributed by atoms with van der Waals surface area (Å²) in [5.41, 5.74) is -0.0380. The molecule has 2 saturated heterocycles. The van der Waals surface area contributed by atoms with Crippen molar-refractivity contribution >= 4 is 23.6 Å². The molecule has 4 nitrogen and oxygen atoms in total. The van der Waals surface area contributed by atoms with Gasteiger partial charge in [0.15, 0.2) is 0 Å². The van der Waals surface area contributed by atoms with E-state index in [-0.39, 0.29) is 22.5 Å². The molecule has 2 heterocycles. The molecule has 23 heavy (non-hydrogen) atoms. The van der Waals surface area contributed by atoms with Gasteiger partial charge in [0.25, 0.3) is 0 Å². The van der Waals surface area contributed by atoms with Gasteiger partial charge in [-0.1, -0.05) is 18.2 Å². The number of benzene rings is 1. The zero-order chi connectivity index (χ0) is 16.2. The highest BCUT2D eigenvalue weighted by atomic mass is 32.2. The first-order valence-corrected chi connectivity index (χ1v) is 8.97. The van der Waals surface area contributed by atoms with Crippen LogP contribution < -0.4 is 5.32 Å². The second kappa shape index (κ2) is 4.97. The highest BCUT2D eigenvalue weighted by Crippen LogP contribution is 2.49. The normalized spacial score (nSPS) is 31.1. The number of halogens is 1. The van der Waals surface area contributed by atoms with E-state index in [1.807, 2.05) is 6.92 Å². The Bertz CT molecular complexity index is 691. The summed E-state index contributed by atoms with van der Waals surface area (Å²) in [4.78, 5) is 26.4. The van der Waals surface area contributed by atoms with Gasteiger partial charge >= 0.3 is 0 Å². The summed E-state index contributed by atoms with van der Waals surface area (Å²) in [7, 11) is 0. The molecule has 0 unspecified atom stereocenters. The average Bonchev–Trinajstić information content (AvgIpc) is 3.11. The quantitative estimate of drug-likeness (QED) is 0.923. The summed E-state index contributed by atoms with van der Waals surface area (Å²) in [6, 6.07) is 6.16. The number of carbonyl (C=O) groups excluding carboxylic acids is 2. The van der Waals surface area contributed by atoms with Crippen molar-refractivity contribution in [3.05, 3.63) is 35.6 Å². The van der Waals surface area contributed by atoms with Crippen molar-refractivity contribution in [1.82, 2.24) is 10.2 Å². The van der Waals surface area contributed by atoms with E-state index in [1.54, 1.807) is 34.9 Å². The van der Waals surface area contributed by atoms with Gasteiger partial charge < -0.3 is 10.2 Å². The lowest BCUT2D eigenvalue weighted by Gasteiger charge is -2.31. The van der Waals surface area contributed by atoms with Crippen LogP contribution in [0.5, 0.6) is 0 Å². The topological polar surface area (TPSA) is 49.4 Å². The summed E-state index contributed by atoms with van der Waals surface area (Å²) in [6.07, 6.45) is 2.78. The van der Waals surface area contributed by atoms with E-state index in [1.165, 1.54) is 6.07 Å². The molecule has 3 aliphatic rings. The monoisotopic (exact) mass is 334 g/mol. The summed E-state index contributed by atoms with van der Waals surface area (Å²) in [5.74, 6) is 0.223. The Balaban J connectivity index is 1.55. The lowest BCUT2D eigenvalue weighted by molar-refractivity contribution is -0.138. The van der Waals surface area contributed by atoms with Crippen LogP contribution >= 0.6 is 11.8 Å². The van der Waals surface area contributed by atoms with Crippen LogP contribution in [0.1, 0.15) is 38.2 Å². The molecular weight excluding hydrogens is 315 g/mol. The van der Waals surface area contributed by atoms with Gasteiger partial charge in [0, 0.05) is 17.7 Å². The lowest BCUT2D eigenvalue weighted by atomic mass is 10.0. The fourth-order valence-electron chi connectivity index (χ4n) is 3.77. The maximum atomic E-state index is 14.1. The molecule has 122 valence electrons. The van der Waals surface area contributed by atoms with Gasteiger partial charge in [0.1, 0.15) is 11.9 Å². The smallest absolute Gasteiger partial charge is 0.244 e. The van der Waals surface area contributed by atoms with Crippen LogP contribution in [-0.4, -0.2) is 33.4 Å². The molecule has 1 N–H and O–H groups in total. The van der Waals surface area contributed by atoms with E-state index in [2.05, 4.69) is 5.32 Å². The highest BCUT2D eigenvalue weighted by molar-refractivity contribution is 8.01. The van der Waals surface area contributed by atoms with Gasteiger partial charge in [-0.15, -0.1) is 11.8 Å². The first-order valence-electron chi connectivity index (χ1n) is 7.98. The van der Waals surface area contributed by atoms with Gasteiger partial charge in [-0.05, 0) is 32.3 Å². The summed E-state index contributed by atoms with van der Waals surface area (Å²) in [6.45, 7) is 2.03. The van der Waals surface area contributed by atoms with E-state index in [9.17, 15) is 14.0 Å². The van der Waals surface area contributed by atoms with Crippen LogP contribution in [0.3, 0.4) is 0 Å². The van der Waals surface area contributed by atoms with E-state index in [4.69, 9.17) is 0 Å². The highest BCUT2D eigenvalue weighted by Gasteiger charge is 2.55. The largest absolute Gasteiger partial charge is 0.345 e. The molecule has 3 fully saturated rings. The standard InChI is InChI=1S/C17H19FN2O2S/c1-16-7-6-14(21)20(16)13(10-23-16)15(22)19-17(8-9-17)11-4-2-3-5-12(11)18/h2-5,13H,6-10H2,1H3,(H,19,22)/t13-,16+/m1/s1. The van der Waals surface area contributed by atoms with Crippen molar-refractivity contribution in [3.63, 3.8) is 0 Å². The molecule has 0 aromatic heterocycles. The third-order valence-electron chi connectivity index (χ3n) is 5.25. The minimum atomic E-state index is -0.588. The number of fused-ring (bicyclic) bond motifs is 1. The maximum absolute atomic E-state index is 14.1. The van der Waals surface area contributed by atoms with Gasteiger partial charge in [0.2, 0.25) is 11.8 Å². The molecular formula is C17H19FN2O2S. The molecule has 1 aliphatic carbocycles. The molecule has 0 radical (unpaired) electrons. The minimum Gasteiger partial charge on any atom is -0.345 e. The SMILES string of the molecule is C[C@]12CCC(=O)N1[C@@H](C(=O)NC1(c3ccccc3F)CC1)CS2. The van der Waals surface area contributed by atoms with Crippen LogP contribution in [0, 0.1) is 5.82 Å². The summed E-state index contributed by atoms with van der Waals surface area (Å²) >= 11 is 1.67. The predicted octanol–water partition coefficient (Wildman–Crippen LogP) is 2.38. The molecule has 2 amide bonds. The van der Waals surface area contributed by atoms with E-state index >= 15 is 0 Å². The van der Waals surface area contributed by atoms with Gasteiger partial charge in [-0.3, -0.25) is 9.59 Å². The van der Waals surface area contributed by atoms with Crippen LogP contribution in [-0.2, 0) is 15.1 Å². The molecule has 2 atom stereocenters. The first kappa shape index (κ1) is 15.0. The number of thioether (sulfide) groups is 1. The number of carbonyl (C=O) groups is 2. The van der Waals surface area contributed by atoms with Crippen LogP contribution in [0.25, 0.3) is 0 Å². The Kier molecular flexibility index (Phi) is 3.24. The number of rotatable bonds is 3. The maximum Gasteiger partial charge on any atom is 0.244 e. The number of amides is 2. The van der Waals surface area contributed by atoms with E-state index < -0.39 is 11.6 Å². The molecule has 1 aromatic rings. The number of nitrogens with one attached hydrogen (secondary N) is 1. The Hall–Kier alpha value is -1.56. The van der Waals surface area contributed by atoms with Crippen LogP contribution in [0.4, 0.5) is 4.39 Å². The van der Waals surface area contributed by atoms with Crippen molar-refractivity contribution in [2.75, 3.05) is 5.75 Å². The van der Waals surface area contributed by atoms with Crippen molar-refractivity contribution in [3.8, 4) is 0 Å². The lowest BCUT2D eigenvalue weighted by Crippen LogP contribution is -2.52. The van der Waals surface area contributed by atoms with Crippen molar-refractivity contribution in [2.45, 2.75) is 49.1 Å². The van der Waals surface area contributed by atoms with Crippen molar-refractivity contribution in [2.24, 2.45) is 0 Å². The number of hydrogen-bond acceptors (Lipinski definition) is 3. The molecule has 2 aliphatic heterocycles. The van der Waals surface area contributed by atoms with Crippen molar-refractivity contribution < 1.29 is 14.0 Å². The Morgan fingerprint density at radius 3 is 2.78 bits per heavy atom. The van der Waals surface area contributed by atoms with Gasteiger partial charge in [-0.25, -0.2) is 4.39 Å². The zero-order valence-corrected chi connectivity index (χ0v) is 13.8. The van der Waals surface area contributed by atoms with Gasteiger partial charge in [-0.2, -0.15) is 0 Å². The predicted molar refractivity (Wildman–Crippen MR) is 86.2 cm³/mol. The molecule has 1 saturated carbocycles. The Morgan fingerprint density at radius 1 is 1.35 bits per heavy atom. The third kappa shape index (κ3) is 2.26. The number of hydrogen-bond donors (Lipinski definition) is 1. The van der Waals surface area contributed by atoms with Gasteiger partial charge in [0.05, 0.1) is 10.4 Å². The molecule has 6 heteroatoms. The third-order valence-corrected chi connectivity index (χ3v) is 6.75. The Morgan fingerprint density at radius 2 is 2.09 bits per heavy atom. The second-order valence-corrected chi connectivity index (χ2v) is 8.32. The minimum absolute atomic E-state index is 0.0494. The summed E-state index contributed by atoms with van der Waals surface area (Å²) < 4.78 is 14.1. The van der Waals surface area contributed by atoms with Crippen molar-refractivity contribution in [1.29, 1.82) is 0 Å². The molecule has 0 bridgehead atoms. The fraction of sp³-hybridized carbons (Fsp3) is 0.529. The molecule has 4 rings (SSSR count). The fourth-order valence-corrected chi connectivity index (χ4v) is 5.20. The van der Waals surface area contributed by atoms with E-state index in [0.29, 0.717) is 17.7 Å². The molecule has 0 spiro atoms. The molecule has 1 aromatic carbocycles. The second-order valence-electron chi connectivity index (χ2n) is 6.82. The Labute approximate surface area is 138 Å². The summed E-state index contributed by atoms with van der Waals surface area (Å²) in [5, 5.41) is 3.03. The zero-order valence-electron chi connectivity index (χ0n) is 13.0.